The van der Waals surface area contributed by atoms with Crippen LogP contribution in [0.15, 0.2) is 51.9 Å². The molecule has 2 rings (SSSR count). The molecule has 2 N–H and O–H groups in total. The first-order chi connectivity index (χ1) is 12.2. The zero-order chi connectivity index (χ0) is 18.1. The number of nitrogens with zero attached hydrogens (tertiary/aromatic N) is 1. The molecule has 0 bridgehead atoms. The molecule has 0 spiro atoms. The van der Waals surface area contributed by atoms with Crippen molar-refractivity contribution >= 4 is 21.9 Å². The third kappa shape index (κ3) is 5.98. The average Bonchev–Trinajstić information content (AvgIpc) is 2.65. The lowest BCUT2D eigenvalue weighted by Crippen LogP contribution is -2.37. The number of aliphatic imine (C=N–C) groups is 1. The minimum Gasteiger partial charge on any atom is -0.497 e. The molecule has 25 heavy (non-hydrogen) atoms. The smallest absolute Gasteiger partial charge is 0.191 e. The van der Waals surface area contributed by atoms with Crippen LogP contribution in [0.3, 0.4) is 0 Å². The van der Waals surface area contributed by atoms with Gasteiger partial charge < -0.3 is 20.1 Å². The third-order valence-corrected chi connectivity index (χ3v) is 4.27. The maximum absolute atomic E-state index is 5.39. The molecule has 2 aromatic rings. The highest BCUT2D eigenvalue weighted by Crippen LogP contribution is 2.22. The SMILES string of the molecule is CN=C(NCCc1ccc(OC)cc1)NCc1cc(Br)ccc1OC. The van der Waals surface area contributed by atoms with Gasteiger partial charge in [0.25, 0.3) is 0 Å². The summed E-state index contributed by atoms with van der Waals surface area (Å²) < 4.78 is 11.6. The van der Waals surface area contributed by atoms with Gasteiger partial charge in [-0.3, -0.25) is 4.99 Å². The van der Waals surface area contributed by atoms with E-state index in [4.69, 9.17) is 9.47 Å². The van der Waals surface area contributed by atoms with Crippen molar-refractivity contribution in [1.82, 2.24) is 10.6 Å². The Morgan fingerprint density at radius 1 is 1.04 bits per heavy atom. The average molecular weight is 406 g/mol. The lowest BCUT2D eigenvalue weighted by molar-refractivity contribution is 0.409. The van der Waals surface area contributed by atoms with Crippen molar-refractivity contribution in [3.05, 3.63) is 58.1 Å². The van der Waals surface area contributed by atoms with E-state index in [1.54, 1.807) is 21.3 Å². The van der Waals surface area contributed by atoms with Gasteiger partial charge in [-0.25, -0.2) is 0 Å². The molecule has 0 saturated heterocycles. The summed E-state index contributed by atoms with van der Waals surface area (Å²) in [6, 6.07) is 14.0. The zero-order valence-corrected chi connectivity index (χ0v) is 16.4. The molecule has 0 atom stereocenters. The van der Waals surface area contributed by atoms with Gasteiger partial charge in [0.15, 0.2) is 5.96 Å². The highest BCUT2D eigenvalue weighted by atomic mass is 79.9. The van der Waals surface area contributed by atoms with Gasteiger partial charge in [0.1, 0.15) is 11.5 Å². The van der Waals surface area contributed by atoms with Crippen LogP contribution in [0.25, 0.3) is 0 Å². The van der Waals surface area contributed by atoms with Crippen molar-refractivity contribution in [2.75, 3.05) is 27.8 Å². The second-order valence-electron chi connectivity index (χ2n) is 5.41. The van der Waals surface area contributed by atoms with Crippen LogP contribution >= 0.6 is 15.9 Å². The lowest BCUT2D eigenvalue weighted by Gasteiger charge is -2.14. The molecule has 0 heterocycles. The Morgan fingerprint density at radius 3 is 2.44 bits per heavy atom. The van der Waals surface area contributed by atoms with Gasteiger partial charge in [0.2, 0.25) is 0 Å². The minimum absolute atomic E-state index is 0.630. The van der Waals surface area contributed by atoms with E-state index in [2.05, 4.69) is 43.7 Å². The number of methoxy groups -OCH3 is 2. The summed E-state index contributed by atoms with van der Waals surface area (Å²) in [6.07, 6.45) is 0.908. The molecule has 2 aromatic carbocycles. The number of hydrogen-bond donors (Lipinski definition) is 2. The molecule has 0 fully saturated rings. The van der Waals surface area contributed by atoms with Gasteiger partial charge in [-0.05, 0) is 42.3 Å². The van der Waals surface area contributed by atoms with Gasteiger partial charge >= 0.3 is 0 Å². The molecule has 0 aliphatic carbocycles. The molecule has 0 amide bonds. The van der Waals surface area contributed by atoms with Crippen LogP contribution in [-0.4, -0.2) is 33.8 Å². The first-order valence-corrected chi connectivity index (χ1v) is 8.85. The van der Waals surface area contributed by atoms with Crippen LogP contribution in [0.5, 0.6) is 11.5 Å². The highest BCUT2D eigenvalue weighted by Gasteiger charge is 2.05. The van der Waals surface area contributed by atoms with E-state index in [0.29, 0.717) is 6.54 Å². The van der Waals surface area contributed by atoms with Gasteiger partial charge in [0.05, 0.1) is 14.2 Å². The number of rotatable bonds is 7. The summed E-state index contributed by atoms with van der Waals surface area (Å²) in [5.41, 5.74) is 2.31. The molecule has 0 aliphatic rings. The Labute approximate surface area is 157 Å². The van der Waals surface area contributed by atoms with Crippen LogP contribution in [0.4, 0.5) is 0 Å². The van der Waals surface area contributed by atoms with E-state index in [1.165, 1.54) is 5.56 Å². The first-order valence-electron chi connectivity index (χ1n) is 8.06. The number of ether oxygens (including phenoxy) is 2. The molecule has 0 aliphatic heterocycles. The second-order valence-corrected chi connectivity index (χ2v) is 6.32. The third-order valence-electron chi connectivity index (χ3n) is 3.78. The fourth-order valence-corrected chi connectivity index (χ4v) is 2.81. The minimum atomic E-state index is 0.630. The molecule has 134 valence electrons. The van der Waals surface area contributed by atoms with Gasteiger partial charge in [-0.1, -0.05) is 28.1 Å². The monoisotopic (exact) mass is 405 g/mol. The molecule has 0 saturated carbocycles. The maximum Gasteiger partial charge on any atom is 0.191 e. The summed E-state index contributed by atoms with van der Waals surface area (Å²) in [6.45, 7) is 1.42. The fraction of sp³-hybridized carbons (Fsp3) is 0.316. The van der Waals surface area contributed by atoms with Crippen LogP contribution in [-0.2, 0) is 13.0 Å². The van der Waals surface area contributed by atoms with E-state index in [1.807, 2.05) is 30.3 Å². The van der Waals surface area contributed by atoms with E-state index in [-0.39, 0.29) is 0 Å². The predicted octanol–water partition coefficient (Wildman–Crippen LogP) is 3.37. The topological polar surface area (TPSA) is 54.9 Å². The molecule has 6 heteroatoms. The molecular weight excluding hydrogens is 382 g/mol. The zero-order valence-electron chi connectivity index (χ0n) is 14.8. The number of benzene rings is 2. The van der Waals surface area contributed by atoms with Crippen LogP contribution in [0.1, 0.15) is 11.1 Å². The van der Waals surface area contributed by atoms with Crippen LogP contribution in [0, 0.1) is 0 Å². The van der Waals surface area contributed by atoms with Gasteiger partial charge in [-0.2, -0.15) is 0 Å². The number of guanidine groups is 1. The molecular formula is C19H24BrN3O2. The van der Waals surface area contributed by atoms with E-state index < -0.39 is 0 Å². The Kier molecular flexibility index (Phi) is 7.60. The van der Waals surface area contributed by atoms with Crippen molar-refractivity contribution in [2.45, 2.75) is 13.0 Å². The van der Waals surface area contributed by atoms with E-state index >= 15 is 0 Å². The summed E-state index contributed by atoms with van der Waals surface area (Å²) in [4.78, 5) is 4.26. The Balaban J connectivity index is 1.83. The number of halogens is 1. The summed E-state index contributed by atoms with van der Waals surface area (Å²) in [5, 5.41) is 6.63. The fourth-order valence-electron chi connectivity index (χ4n) is 2.40. The highest BCUT2D eigenvalue weighted by molar-refractivity contribution is 9.10. The van der Waals surface area contributed by atoms with Gasteiger partial charge in [0, 0.05) is 30.2 Å². The molecule has 0 unspecified atom stereocenters. The molecule has 5 nitrogen and oxygen atoms in total. The van der Waals surface area contributed by atoms with Crippen molar-refractivity contribution in [1.29, 1.82) is 0 Å². The van der Waals surface area contributed by atoms with Crippen molar-refractivity contribution < 1.29 is 9.47 Å². The summed E-state index contributed by atoms with van der Waals surface area (Å²) in [7, 11) is 5.11. The summed E-state index contributed by atoms with van der Waals surface area (Å²) >= 11 is 3.49. The predicted molar refractivity (Wildman–Crippen MR) is 106 cm³/mol. The maximum atomic E-state index is 5.39. The number of hydrogen-bond acceptors (Lipinski definition) is 3. The molecule has 0 radical (unpaired) electrons. The van der Waals surface area contributed by atoms with E-state index in [0.717, 1.165) is 40.5 Å². The Bertz CT molecular complexity index is 702. The van der Waals surface area contributed by atoms with Crippen LogP contribution < -0.4 is 20.1 Å². The largest absolute Gasteiger partial charge is 0.497 e. The van der Waals surface area contributed by atoms with Crippen molar-refractivity contribution in [3.63, 3.8) is 0 Å². The van der Waals surface area contributed by atoms with Crippen LogP contribution in [0.2, 0.25) is 0 Å². The quantitative estimate of drug-likeness (QED) is 0.547. The first kappa shape index (κ1) is 19.1. The lowest BCUT2D eigenvalue weighted by atomic mass is 10.1. The second kappa shape index (κ2) is 9.93. The van der Waals surface area contributed by atoms with Crippen molar-refractivity contribution in [3.8, 4) is 11.5 Å². The van der Waals surface area contributed by atoms with E-state index in [9.17, 15) is 0 Å². The standard InChI is InChI=1S/C19H24BrN3O2/c1-21-19(22-11-10-14-4-7-17(24-2)8-5-14)23-13-15-12-16(20)6-9-18(15)25-3/h4-9,12H,10-11,13H2,1-3H3,(H2,21,22,23). The number of nitrogens with one attached hydrogen (secondary N) is 2. The van der Waals surface area contributed by atoms with Gasteiger partial charge in [-0.15, -0.1) is 0 Å². The molecule has 0 aromatic heterocycles. The normalized spacial score (nSPS) is 11.1. The Morgan fingerprint density at radius 2 is 1.80 bits per heavy atom. The summed E-state index contributed by atoms with van der Waals surface area (Å²) in [5.74, 6) is 2.48. The van der Waals surface area contributed by atoms with Crippen molar-refractivity contribution in [2.24, 2.45) is 4.99 Å². The Hall–Kier alpha value is -2.21.